The van der Waals surface area contributed by atoms with Crippen LogP contribution in [-0.4, -0.2) is 26.8 Å². The summed E-state index contributed by atoms with van der Waals surface area (Å²) in [6.45, 7) is 3.22. The lowest BCUT2D eigenvalue weighted by Gasteiger charge is -2.06. The fourth-order valence-electron chi connectivity index (χ4n) is 1.40. The van der Waals surface area contributed by atoms with Gasteiger partial charge in [-0.2, -0.15) is 4.68 Å². The van der Waals surface area contributed by atoms with Crippen LogP contribution < -0.4 is 5.32 Å². The van der Waals surface area contributed by atoms with Crippen LogP contribution in [0.4, 0.5) is 4.39 Å². The summed E-state index contributed by atoms with van der Waals surface area (Å²) >= 11 is 5.71. The largest absolute Gasteiger partial charge is 0.310 e. The first-order valence-corrected chi connectivity index (χ1v) is 5.54. The molecule has 90 valence electrons. The van der Waals surface area contributed by atoms with Crippen LogP contribution in [-0.2, 0) is 6.54 Å². The fourth-order valence-corrected chi connectivity index (χ4v) is 1.57. The summed E-state index contributed by atoms with van der Waals surface area (Å²) in [5, 5.41) is 14.2. The first-order valence-electron chi connectivity index (χ1n) is 5.16. The Hall–Kier alpha value is -1.53. The predicted molar refractivity (Wildman–Crippen MR) is 61.5 cm³/mol. The maximum absolute atomic E-state index is 13.8. The number of hydrogen-bond acceptors (Lipinski definition) is 4. The third-order valence-corrected chi connectivity index (χ3v) is 2.52. The van der Waals surface area contributed by atoms with Crippen molar-refractivity contribution in [3.05, 3.63) is 34.9 Å². The lowest BCUT2D eigenvalue weighted by Crippen LogP contribution is -2.16. The van der Waals surface area contributed by atoms with Gasteiger partial charge in [0.15, 0.2) is 11.6 Å². The molecule has 0 radical (unpaired) electrons. The van der Waals surface area contributed by atoms with E-state index in [1.165, 1.54) is 10.7 Å². The Kier molecular flexibility index (Phi) is 3.65. The van der Waals surface area contributed by atoms with Crippen molar-refractivity contribution in [1.29, 1.82) is 0 Å². The van der Waals surface area contributed by atoms with Gasteiger partial charge in [-0.25, -0.2) is 4.39 Å². The molecule has 1 heterocycles. The monoisotopic (exact) mass is 255 g/mol. The zero-order chi connectivity index (χ0) is 12.3. The topological polar surface area (TPSA) is 55.6 Å². The molecule has 0 spiro atoms. The Labute approximate surface area is 103 Å². The van der Waals surface area contributed by atoms with E-state index >= 15 is 0 Å². The summed E-state index contributed by atoms with van der Waals surface area (Å²) in [5.74, 6) is 0.00670. The molecule has 0 aliphatic rings. The van der Waals surface area contributed by atoms with Crippen LogP contribution in [0.2, 0.25) is 5.02 Å². The van der Waals surface area contributed by atoms with Gasteiger partial charge >= 0.3 is 0 Å². The van der Waals surface area contributed by atoms with Crippen molar-refractivity contribution in [1.82, 2.24) is 25.5 Å². The number of nitrogens with zero attached hydrogens (tertiary/aromatic N) is 4. The molecule has 0 aliphatic carbocycles. The fraction of sp³-hybridized carbons (Fsp3) is 0.300. The van der Waals surface area contributed by atoms with Gasteiger partial charge in [-0.15, -0.1) is 5.10 Å². The smallest absolute Gasteiger partial charge is 0.170 e. The van der Waals surface area contributed by atoms with E-state index in [0.717, 1.165) is 6.54 Å². The van der Waals surface area contributed by atoms with Crippen molar-refractivity contribution < 1.29 is 4.39 Å². The van der Waals surface area contributed by atoms with E-state index in [9.17, 15) is 4.39 Å². The van der Waals surface area contributed by atoms with Crippen LogP contribution in [0.15, 0.2) is 18.2 Å². The lowest BCUT2D eigenvalue weighted by molar-refractivity contribution is 0.595. The number of hydrogen-bond donors (Lipinski definition) is 1. The van der Waals surface area contributed by atoms with E-state index in [-0.39, 0.29) is 10.7 Å². The third-order valence-electron chi connectivity index (χ3n) is 2.23. The van der Waals surface area contributed by atoms with Crippen LogP contribution in [0.1, 0.15) is 12.7 Å². The van der Waals surface area contributed by atoms with Crippen molar-refractivity contribution in [3.8, 4) is 5.69 Å². The second-order valence-corrected chi connectivity index (χ2v) is 3.77. The molecule has 1 aromatic carbocycles. The van der Waals surface area contributed by atoms with Gasteiger partial charge in [0.05, 0.1) is 11.6 Å². The van der Waals surface area contributed by atoms with E-state index in [0.29, 0.717) is 12.4 Å². The summed E-state index contributed by atoms with van der Waals surface area (Å²) in [7, 11) is 0. The molecule has 0 atom stereocenters. The summed E-state index contributed by atoms with van der Waals surface area (Å²) in [5.41, 5.74) is 0.246. The van der Waals surface area contributed by atoms with Gasteiger partial charge in [-0.1, -0.05) is 24.6 Å². The van der Waals surface area contributed by atoms with Gasteiger partial charge in [0.2, 0.25) is 0 Å². The minimum Gasteiger partial charge on any atom is -0.310 e. The van der Waals surface area contributed by atoms with Crippen LogP contribution in [0, 0.1) is 5.82 Å². The molecule has 1 aromatic heterocycles. The SMILES string of the molecule is CCNCc1nnnn1-c1cccc(Cl)c1F. The molecule has 1 N–H and O–H groups in total. The maximum Gasteiger partial charge on any atom is 0.170 e. The first-order chi connectivity index (χ1) is 8.24. The standard InChI is InChI=1S/C10H11ClFN5/c1-2-13-6-9-14-15-16-17(9)8-5-3-4-7(11)10(8)12/h3-5,13H,2,6H2,1H3. The van der Waals surface area contributed by atoms with Crippen LogP contribution in [0.5, 0.6) is 0 Å². The van der Waals surface area contributed by atoms with E-state index in [2.05, 4.69) is 20.8 Å². The molecule has 5 nitrogen and oxygen atoms in total. The van der Waals surface area contributed by atoms with Crippen molar-refractivity contribution in [2.75, 3.05) is 6.54 Å². The Morgan fingerprint density at radius 2 is 2.29 bits per heavy atom. The zero-order valence-electron chi connectivity index (χ0n) is 9.19. The number of tetrazole rings is 1. The molecule has 0 fully saturated rings. The maximum atomic E-state index is 13.8. The van der Waals surface area contributed by atoms with E-state index in [1.54, 1.807) is 12.1 Å². The molecular formula is C10H11ClFN5. The van der Waals surface area contributed by atoms with Gasteiger partial charge in [-0.05, 0) is 29.1 Å². The van der Waals surface area contributed by atoms with Crippen molar-refractivity contribution in [2.24, 2.45) is 0 Å². The van der Waals surface area contributed by atoms with Gasteiger partial charge in [0, 0.05) is 0 Å². The van der Waals surface area contributed by atoms with Crippen molar-refractivity contribution in [3.63, 3.8) is 0 Å². The molecule has 0 saturated carbocycles. The summed E-state index contributed by atoms with van der Waals surface area (Å²) < 4.78 is 15.1. The average Bonchev–Trinajstić information content (AvgIpc) is 2.78. The number of benzene rings is 1. The molecule has 0 aliphatic heterocycles. The van der Waals surface area contributed by atoms with Crippen LogP contribution >= 0.6 is 11.6 Å². The second kappa shape index (κ2) is 5.20. The van der Waals surface area contributed by atoms with Crippen LogP contribution in [0.3, 0.4) is 0 Å². The highest BCUT2D eigenvalue weighted by Crippen LogP contribution is 2.20. The summed E-state index contributed by atoms with van der Waals surface area (Å²) in [6, 6.07) is 4.71. The quantitative estimate of drug-likeness (QED) is 0.901. The highest BCUT2D eigenvalue weighted by atomic mass is 35.5. The summed E-state index contributed by atoms with van der Waals surface area (Å²) in [6.07, 6.45) is 0. The van der Waals surface area contributed by atoms with E-state index in [4.69, 9.17) is 11.6 Å². The highest BCUT2D eigenvalue weighted by molar-refractivity contribution is 6.30. The van der Waals surface area contributed by atoms with Crippen molar-refractivity contribution in [2.45, 2.75) is 13.5 Å². The van der Waals surface area contributed by atoms with E-state index in [1.807, 2.05) is 6.92 Å². The third kappa shape index (κ3) is 2.42. The number of nitrogens with one attached hydrogen (secondary N) is 1. The van der Waals surface area contributed by atoms with Crippen LogP contribution in [0.25, 0.3) is 5.69 Å². The molecule has 0 bridgehead atoms. The average molecular weight is 256 g/mol. The molecule has 2 rings (SSSR count). The Morgan fingerprint density at radius 1 is 1.47 bits per heavy atom. The Bertz CT molecular complexity index is 513. The number of rotatable bonds is 4. The van der Waals surface area contributed by atoms with Crippen molar-refractivity contribution >= 4 is 11.6 Å². The molecule has 0 amide bonds. The normalized spacial score (nSPS) is 10.8. The molecule has 17 heavy (non-hydrogen) atoms. The summed E-state index contributed by atoms with van der Waals surface area (Å²) in [4.78, 5) is 0. The highest BCUT2D eigenvalue weighted by Gasteiger charge is 2.13. The van der Waals surface area contributed by atoms with Gasteiger partial charge < -0.3 is 5.32 Å². The van der Waals surface area contributed by atoms with Gasteiger partial charge in [-0.3, -0.25) is 0 Å². The Morgan fingerprint density at radius 3 is 3.06 bits per heavy atom. The molecule has 2 aromatic rings. The molecule has 0 unspecified atom stereocenters. The van der Waals surface area contributed by atoms with Gasteiger partial charge in [0.25, 0.3) is 0 Å². The minimum absolute atomic E-state index is 0.0485. The number of halogens is 2. The molecule has 7 heteroatoms. The zero-order valence-corrected chi connectivity index (χ0v) is 9.95. The minimum atomic E-state index is -0.529. The predicted octanol–water partition coefficient (Wildman–Crippen LogP) is 1.56. The lowest BCUT2D eigenvalue weighted by atomic mass is 10.3. The molecule has 0 saturated heterocycles. The number of aromatic nitrogens is 4. The Balaban J connectivity index is 2.39. The molecular weight excluding hydrogens is 245 g/mol. The van der Waals surface area contributed by atoms with Gasteiger partial charge in [0.1, 0.15) is 5.69 Å². The first kappa shape index (κ1) is 11.9. The van der Waals surface area contributed by atoms with E-state index < -0.39 is 5.82 Å². The second-order valence-electron chi connectivity index (χ2n) is 3.36.